The maximum absolute atomic E-state index is 14.4. The number of carbonyl (C=O) groups is 5. The molecule has 2 amide bonds. The van der Waals surface area contributed by atoms with Gasteiger partial charge in [0.15, 0.2) is 0 Å². The molecule has 12 heteroatoms. The smallest absolute Gasteiger partial charge is 0.328 e. The molecule has 0 bridgehead atoms. The van der Waals surface area contributed by atoms with Crippen LogP contribution in [0.5, 0.6) is 11.5 Å². The molecule has 12 nitrogen and oxygen atoms in total. The molecule has 0 spiro atoms. The maximum Gasteiger partial charge on any atom is 0.328 e. The molecule has 1 unspecified atom stereocenters. The summed E-state index contributed by atoms with van der Waals surface area (Å²) in [6.45, 7) is 10.9. The van der Waals surface area contributed by atoms with Crippen molar-refractivity contribution in [3.05, 3.63) is 66.2 Å². The molecule has 0 saturated heterocycles. The first-order valence-electron chi connectivity index (χ1n) is 21.0. The monoisotopic (exact) mass is 811 g/mol. The highest BCUT2D eigenvalue weighted by atomic mass is 16.6. The first kappa shape index (κ1) is 44.8. The van der Waals surface area contributed by atoms with E-state index >= 15 is 0 Å². The molecular formula is C47H61N3O9. The first-order chi connectivity index (χ1) is 28.1. The lowest BCUT2D eigenvalue weighted by molar-refractivity contribution is -0.161. The molecule has 3 aromatic rings. The van der Waals surface area contributed by atoms with Crippen LogP contribution in [-0.4, -0.2) is 72.5 Å². The van der Waals surface area contributed by atoms with E-state index in [1.54, 1.807) is 47.8 Å². The van der Waals surface area contributed by atoms with Gasteiger partial charge in [-0.1, -0.05) is 76.8 Å². The van der Waals surface area contributed by atoms with Crippen LogP contribution in [0, 0.1) is 23.7 Å². The van der Waals surface area contributed by atoms with Crippen molar-refractivity contribution in [1.82, 2.24) is 15.6 Å². The lowest BCUT2D eigenvalue weighted by Gasteiger charge is -2.31. The lowest BCUT2D eigenvalue weighted by Crippen LogP contribution is -2.56. The highest BCUT2D eigenvalue weighted by molar-refractivity contribution is 6.04. The minimum Gasteiger partial charge on any atom is -0.497 e. The number of carbonyl (C=O) groups excluding carboxylic acids is 5. The molecule has 5 atom stereocenters. The highest BCUT2D eigenvalue weighted by Crippen LogP contribution is 2.37. The van der Waals surface area contributed by atoms with Gasteiger partial charge >= 0.3 is 11.9 Å². The number of ether oxygens (including phenoxy) is 4. The Hall–Kier alpha value is -5.26. The summed E-state index contributed by atoms with van der Waals surface area (Å²) in [6.07, 6.45) is 6.55. The number of ketones is 1. The van der Waals surface area contributed by atoms with E-state index in [0.29, 0.717) is 40.9 Å². The molecule has 5 rings (SSSR count). The fourth-order valence-corrected chi connectivity index (χ4v) is 8.07. The number of rotatable bonds is 17. The van der Waals surface area contributed by atoms with Crippen LogP contribution in [0.1, 0.15) is 99.3 Å². The SMILES string of the molecule is CCC[C@H](CC(=O)[C@@H]1CC(Oc2cc(-c3ccccc3)nc3cc(OC)ccc23)C=C1C(=O)N[C@H](C(=O)N[C@H](C(=O)OC)C1CCCCC1)C(C)C)C(=O)OC(C)(C)C. The molecule has 1 aromatic heterocycles. The number of nitrogens with zero attached hydrogens (tertiary/aromatic N) is 1. The molecule has 2 aromatic carbocycles. The van der Waals surface area contributed by atoms with Gasteiger partial charge in [-0.25, -0.2) is 9.78 Å². The Balaban J connectivity index is 1.48. The predicted molar refractivity (Wildman–Crippen MR) is 225 cm³/mol. The van der Waals surface area contributed by atoms with Gasteiger partial charge < -0.3 is 29.6 Å². The van der Waals surface area contributed by atoms with Gasteiger partial charge in [0.05, 0.1) is 37.3 Å². The molecule has 318 valence electrons. The van der Waals surface area contributed by atoms with Crippen molar-refractivity contribution in [2.45, 2.75) is 123 Å². The summed E-state index contributed by atoms with van der Waals surface area (Å²) in [7, 11) is 2.89. The number of methoxy groups -OCH3 is 2. The van der Waals surface area contributed by atoms with Crippen LogP contribution in [-0.2, 0) is 33.4 Å². The second kappa shape index (κ2) is 20.1. The Morgan fingerprint density at radius 2 is 1.61 bits per heavy atom. The minimum atomic E-state index is -1.03. The Bertz CT molecular complexity index is 2000. The van der Waals surface area contributed by atoms with E-state index in [1.807, 2.05) is 61.5 Å². The van der Waals surface area contributed by atoms with Crippen molar-refractivity contribution in [3.8, 4) is 22.8 Å². The van der Waals surface area contributed by atoms with Crippen molar-refractivity contribution in [2.24, 2.45) is 23.7 Å². The molecule has 2 N–H and O–H groups in total. The first-order valence-corrected chi connectivity index (χ1v) is 21.0. The number of hydrogen-bond donors (Lipinski definition) is 2. The zero-order valence-electron chi connectivity index (χ0n) is 35.8. The fourth-order valence-electron chi connectivity index (χ4n) is 8.07. The summed E-state index contributed by atoms with van der Waals surface area (Å²) < 4.78 is 23.0. The van der Waals surface area contributed by atoms with Crippen LogP contribution in [0.2, 0.25) is 0 Å². The average molecular weight is 812 g/mol. The number of amides is 2. The molecule has 1 saturated carbocycles. The van der Waals surface area contributed by atoms with Crippen LogP contribution in [0.4, 0.5) is 0 Å². The van der Waals surface area contributed by atoms with E-state index in [-0.39, 0.29) is 36.0 Å². The van der Waals surface area contributed by atoms with Crippen molar-refractivity contribution in [3.63, 3.8) is 0 Å². The van der Waals surface area contributed by atoms with Gasteiger partial charge in [-0.15, -0.1) is 0 Å². The number of hydrogen-bond acceptors (Lipinski definition) is 10. The van der Waals surface area contributed by atoms with Crippen LogP contribution in [0.25, 0.3) is 22.2 Å². The van der Waals surface area contributed by atoms with Gasteiger partial charge in [0.25, 0.3) is 0 Å². The Morgan fingerprint density at radius 3 is 2.24 bits per heavy atom. The van der Waals surface area contributed by atoms with Crippen molar-refractivity contribution in [2.75, 3.05) is 14.2 Å². The van der Waals surface area contributed by atoms with E-state index < -0.39 is 59.4 Å². The molecule has 0 radical (unpaired) electrons. The van der Waals surface area contributed by atoms with Crippen molar-refractivity contribution >= 4 is 40.4 Å². The number of nitrogens with one attached hydrogen (secondary N) is 2. The quantitative estimate of drug-likeness (QED) is 0.129. The summed E-state index contributed by atoms with van der Waals surface area (Å²) >= 11 is 0. The van der Waals surface area contributed by atoms with Gasteiger partial charge in [0, 0.05) is 41.5 Å². The maximum atomic E-state index is 14.4. The normalized spacial score (nSPS) is 18.6. The molecule has 0 aliphatic heterocycles. The third-order valence-electron chi connectivity index (χ3n) is 11.1. The molecule has 1 fully saturated rings. The number of pyridine rings is 1. The molecule has 2 aliphatic rings. The van der Waals surface area contributed by atoms with Crippen LogP contribution >= 0.6 is 0 Å². The van der Waals surface area contributed by atoms with Gasteiger partial charge in [0.1, 0.15) is 41.1 Å². The standard InChI is InChI=1S/C47H61N3O9/c1-9-16-31(45(54)59-47(4,5)6)23-39(51)35-24-33(58-40-27-37(29-17-12-10-13-18-29)48-38-26-32(56-7)21-22-34(38)40)25-36(35)43(52)49-41(28(2)3)44(53)50-42(46(55)57-8)30-19-14-11-15-20-30/h10,12-13,17-18,21-22,25-28,30-31,33,35,41-42H,9,11,14-16,19-20,23-24H2,1-8H3,(H,49,52)(H,50,53)/t31-,33?,35-,41+,42+/m1/s1. The Kier molecular flexibility index (Phi) is 15.3. The summed E-state index contributed by atoms with van der Waals surface area (Å²) in [6, 6.07) is 15.1. The zero-order chi connectivity index (χ0) is 42.9. The number of benzene rings is 2. The fraction of sp³-hybridized carbons (Fsp3) is 0.532. The topological polar surface area (TPSA) is 159 Å². The van der Waals surface area contributed by atoms with Crippen molar-refractivity contribution < 1.29 is 42.9 Å². The Morgan fingerprint density at radius 1 is 0.898 bits per heavy atom. The largest absolute Gasteiger partial charge is 0.497 e. The number of aromatic nitrogens is 1. The molecule has 59 heavy (non-hydrogen) atoms. The molecule has 1 heterocycles. The van der Waals surface area contributed by atoms with Gasteiger partial charge in [-0.05, 0) is 70.1 Å². The van der Waals surface area contributed by atoms with Gasteiger partial charge in [-0.2, -0.15) is 0 Å². The third kappa shape index (κ3) is 11.7. The van der Waals surface area contributed by atoms with E-state index in [4.69, 9.17) is 23.9 Å². The average Bonchev–Trinajstić information content (AvgIpc) is 3.65. The summed E-state index contributed by atoms with van der Waals surface area (Å²) in [4.78, 5) is 73.9. The van der Waals surface area contributed by atoms with E-state index in [2.05, 4.69) is 10.6 Å². The molecule has 2 aliphatic carbocycles. The van der Waals surface area contributed by atoms with Gasteiger partial charge in [0.2, 0.25) is 11.8 Å². The van der Waals surface area contributed by atoms with Gasteiger partial charge in [-0.3, -0.25) is 19.2 Å². The van der Waals surface area contributed by atoms with Crippen LogP contribution in [0.3, 0.4) is 0 Å². The second-order valence-electron chi connectivity index (χ2n) is 17.1. The Labute approximate surface area is 348 Å². The van der Waals surface area contributed by atoms with Crippen LogP contribution < -0.4 is 20.1 Å². The summed E-state index contributed by atoms with van der Waals surface area (Å²) in [5.41, 5.74) is 1.58. The van der Waals surface area contributed by atoms with E-state index in [1.165, 1.54) is 7.11 Å². The summed E-state index contributed by atoms with van der Waals surface area (Å²) in [5.74, 6) is -3.36. The van der Waals surface area contributed by atoms with Crippen molar-refractivity contribution in [1.29, 1.82) is 0 Å². The van der Waals surface area contributed by atoms with Crippen LogP contribution in [0.15, 0.2) is 66.2 Å². The van der Waals surface area contributed by atoms with E-state index in [9.17, 15) is 24.0 Å². The zero-order valence-corrected chi connectivity index (χ0v) is 35.8. The lowest BCUT2D eigenvalue weighted by atomic mass is 9.83. The minimum absolute atomic E-state index is 0.0742. The highest BCUT2D eigenvalue weighted by Gasteiger charge is 2.41. The summed E-state index contributed by atoms with van der Waals surface area (Å²) in [5, 5.41) is 6.51. The third-order valence-corrected chi connectivity index (χ3v) is 11.1. The number of esters is 2. The number of Topliss-reactive ketones (excluding diaryl/α,β-unsaturated/α-hetero) is 1. The second-order valence-corrected chi connectivity index (χ2v) is 17.1. The predicted octanol–water partition coefficient (Wildman–Crippen LogP) is 7.70. The van der Waals surface area contributed by atoms with E-state index in [0.717, 1.165) is 37.7 Å². The molecular weight excluding hydrogens is 751 g/mol. The number of fused-ring (bicyclic) bond motifs is 1.